The molecule has 8 atom stereocenters. The average molecular weight is 876 g/mol. The number of nitrogens with zero attached hydrogens (tertiary/aromatic N) is 3. The SMILES string of the molecule is CCCCCCCCCCC(C(C(OC(=O)CC(C(=O)O)C(CC(=O)O)C(=O)O)C1CCN(C)C(C)(C)C1(C)C)C1CCN(C)C(C)(C)C1(C)C)C1CCN(C)C(C)(C)C1(C)C. The van der Waals surface area contributed by atoms with Crippen LogP contribution in [0.25, 0.3) is 0 Å². The largest absolute Gasteiger partial charge is 0.481 e. The Morgan fingerprint density at radius 3 is 1.35 bits per heavy atom. The zero-order valence-electron chi connectivity index (χ0n) is 42.4. The molecule has 0 amide bonds. The topological polar surface area (TPSA) is 148 Å². The van der Waals surface area contributed by atoms with Crippen LogP contribution < -0.4 is 0 Å². The summed E-state index contributed by atoms with van der Waals surface area (Å²) in [5, 5.41) is 30.1. The van der Waals surface area contributed by atoms with Crippen LogP contribution in [0.3, 0.4) is 0 Å². The van der Waals surface area contributed by atoms with E-state index in [1.807, 2.05) is 0 Å². The molecule has 3 rings (SSSR count). The van der Waals surface area contributed by atoms with Gasteiger partial charge in [-0.05, 0) is 142 Å². The second-order valence-corrected chi connectivity index (χ2v) is 23.4. The van der Waals surface area contributed by atoms with E-state index in [-0.39, 0.29) is 56.5 Å². The predicted molar refractivity (Wildman–Crippen MR) is 249 cm³/mol. The van der Waals surface area contributed by atoms with Crippen LogP contribution in [0, 0.1) is 57.7 Å². The van der Waals surface area contributed by atoms with Gasteiger partial charge in [-0.1, -0.05) is 99.8 Å². The molecule has 11 heteroatoms. The summed E-state index contributed by atoms with van der Waals surface area (Å²) in [6.45, 7) is 33.2. The lowest BCUT2D eigenvalue weighted by Gasteiger charge is -2.65. The molecule has 11 nitrogen and oxygen atoms in total. The smallest absolute Gasteiger partial charge is 0.307 e. The highest BCUT2D eigenvalue weighted by molar-refractivity contribution is 5.86. The van der Waals surface area contributed by atoms with Crippen LogP contribution in [0.15, 0.2) is 0 Å². The zero-order valence-corrected chi connectivity index (χ0v) is 42.4. The Kier molecular flexibility index (Phi) is 18.3. The summed E-state index contributed by atoms with van der Waals surface area (Å²) in [6, 6.07) is 0. The van der Waals surface area contributed by atoms with Gasteiger partial charge in [-0.15, -0.1) is 0 Å². The van der Waals surface area contributed by atoms with Crippen LogP contribution in [-0.2, 0) is 23.9 Å². The van der Waals surface area contributed by atoms with Crippen LogP contribution in [0.4, 0.5) is 0 Å². The normalized spacial score (nSPS) is 28.2. The Labute approximate surface area is 377 Å². The first kappa shape index (κ1) is 54.1. The molecule has 62 heavy (non-hydrogen) atoms. The van der Waals surface area contributed by atoms with Gasteiger partial charge in [-0.2, -0.15) is 0 Å². The number of carboxylic acids is 3. The number of rotatable bonds is 22. The maximum absolute atomic E-state index is 14.8. The van der Waals surface area contributed by atoms with Crippen molar-refractivity contribution in [3.05, 3.63) is 0 Å². The molecule has 0 saturated carbocycles. The van der Waals surface area contributed by atoms with Crippen LogP contribution >= 0.6 is 0 Å². The number of aliphatic carboxylic acids is 3. The van der Waals surface area contributed by atoms with Gasteiger partial charge in [-0.3, -0.25) is 19.2 Å². The number of esters is 1. The number of ether oxygens (including phenoxy) is 1. The van der Waals surface area contributed by atoms with Gasteiger partial charge in [0.15, 0.2) is 0 Å². The summed E-state index contributed by atoms with van der Waals surface area (Å²) in [5.41, 5.74) is -1.32. The van der Waals surface area contributed by atoms with Crippen molar-refractivity contribution in [2.24, 2.45) is 57.7 Å². The number of carboxylic acid groups (broad SMARTS) is 3. The highest BCUT2D eigenvalue weighted by atomic mass is 16.5. The van der Waals surface area contributed by atoms with Crippen molar-refractivity contribution < 1.29 is 39.2 Å². The molecule has 0 aromatic heterocycles. The fraction of sp³-hybridized carbons (Fsp3) is 0.922. The van der Waals surface area contributed by atoms with Crippen LogP contribution in [0.5, 0.6) is 0 Å². The van der Waals surface area contributed by atoms with Gasteiger partial charge in [0, 0.05) is 28.5 Å². The minimum Gasteiger partial charge on any atom is -0.481 e. The number of piperidine rings is 3. The van der Waals surface area contributed by atoms with Crippen molar-refractivity contribution in [2.45, 2.75) is 203 Å². The third-order valence-electron chi connectivity index (χ3n) is 19.5. The van der Waals surface area contributed by atoms with E-state index in [1.54, 1.807) is 0 Å². The quantitative estimate of drug-likeness (QED) is 0.0705. The lowest BCUT2D eigenvalue weighted by molar-refractivity contribution is -0.200. The van der Waals surface area contributed by atoms with E-state index in [1.165, 1.54) is 38.5 Å². The number of carbonyl (C=O) groups excluding carboxylic acids is 1. The third-order valence-corrected chi connectivity index (χ3v) is 19.5. The number of hydrogen-bond acceptors (Lipinski definition) is 8. The second-order valence-electron chi connectivity index (χ2n) is 23.4. The van der Waals surface area contributed by atoms with E-state index >= 15 is 0 Å². The Hall–Kier alpha value is -2.24. The van der Waals surface area contributed by atoms with Gasteiger partial charge in [0.1, 0.15) is 6.10 Å². The molecule has 0 spiro atoms. The number of carbonyl (C=O) groups is 4. The lowest BCUT2D eigenvalue weighted by Crippen LogP contribution is -2.67. The highest BCUT2D eigenvalue weighted by Crippen LogP contribution is 2.61. The third kappa shape index (κ3) is 11.1. The maximum Gasteiger partial charge on any atom is 0.307 e. The Bertz CT molecular complexity index is 1520. The van der Waals surface area contributed by atoms with Gasteiger partial charge in [-0.25, -0.2) is 0 Å². The molecule has 3 aliphatic heterocycles. The predicted octanol–water partition coefficient (Wildman–Crippen LogP) is 10.2. The monoisotopic (exact) mass is 876 g/mol. The van der Waals surface area contributed by atoms with Gasteiger partial charge in [0.05, 0.1) is 24.7 Å². The van der Waals surface area contributed by atoms with Crippen LogP contribution in [0.1, 0.15) is 180 Å². The Morgan fingerprint density at radius 2 is 0.919 bits per heavy atom. The average Bonchev–Trinajstić information content (AvgIpc) is 3.15. The molecular weight excluding hydrogens is 783 g/mol. The summed E-state index contributed by atoms with van der Waals surface area (Å²) < 4.78 is 7.08. The fourth-order valence-corrected chi connectivity index (χ4v) is 12.5. The molecular formula is C51H93N3O8. The molecule has 0 bridgehead atoms. The van der Waals surface area contributed by atoms with E-state index in [2.05, 4.69) is 126 Å². The van der Waals surface area contributed by atoms with Crippen LogP contribution in [0.2, 0.25) is 0 Å². The van der Waals surface area contributed by atoms with Gasteiger partial charge < -0.3 is 34.8 Å². The molecule has 3 aliphatic rings. The van der Waals surface area contributed by atoms with E-state index in [0.717, 1.165) is 58.2 Å². The first-order valence-corrected chi connectivity index (χ1v) is 24.4. The molecule has 360 valence electrons. The highest BCUT2D eigenvalue weighted by Gasteiger charge is 2.62. The summed E-state index contributed by atoms with van der Waals surface area (Å²) in [5.74, 6) is -8.35. The van der Waals surface area contributed by atoms with E-state index in [9.17, 15) is 34.5 Å². The molecule has 3 saturated heterocycles. The first-order valence-electron chi connectivity index (χ1n) is 24.4. The number of likely N-dealkylation sites (tertiary alicyclic amines) is 3. The van der Waals surface area contributed by atoms with E-state index in [4.69, 9.17) is 4.74 Å². The molecule has 0 aromatic carbocycles. The summed E-state index contributed by atoms with van der Waals surface area (Å²) in [6.07, 6.45) is 11.2. The van der Waals surface area contributed by atoms with Gasteiger partial charge >= 0.3 is 23.9 Å². The van der Waals surface area contributed by atoms with Gasteiger partial charge in [0.25, 0.3) is 0 Å². The maximum atomic E-state index is 14.8. The minimum atomic E-state index is -1.78. The minimum absolute atomic E-state index is 0.0870. The molecule has 3 heterocycles. The molecule has 8 unspecified atom stereocenters. The lowest BCUT2D eigenvalue weighted by atomic mass is 9.47. The summed E-state index contributed by atoms with van der Waals surface area (Å²) >= 11 is 0. The molecule has 0 aromatic rings. The van der Waals surface area contributed by atoms with E-state index < -0.39 is 54.7 Å². The van der Waals surface area contributed by atoms with Crippen molar-refractivity contribution in [2.75, 3.05) is 40.8 Å². The fourth-order valence-electron chi connectivity index (χ4n) is 12.5. The number of unbranched alkanes of at least 4 members (excludes halogenated alkanes) is 7. The van der Waals surface area contributed by atoms with Gasteiger partial charge in [0.2, 0.25) is 0 Å². The standard InChI is InChI=1S/C51H93N3O8/c1-17-18-19-20-21-22-23-24-25-34(37-26-29-52(14)49(8,9)46(37,2)3)42(38-27-30-53(15)50(10,11)47(38,4)5)43(39-28-31-54(16)51(12,13)48(39,6)7)62-41(57)33-36(45(60)61)35(44(58)59)32-40(55)56/h34-39,42-43H,17-33H2,1-16H3,(H,55,56)(H,58,59)(H,60,61). The van der Waals surface area contributed by atoms with Crippen molar-refractivity contribution in [3.8, 4) is 0 Å². The number of hydrogen-bond donors (Lipinski definition) is 3. The molecule has 3 fully saturated rings. The Balaban J connectivity index is 2.38. The van der Waals surface area contributed by atoms with Crippen molar-refractivity contribution in [1.29, 1.82) is 0 Å². The molecule has 0 aliphatic carbocycles. The molecule has 3 N–H and O–H groups in total. The summed E-state index contributed by atoms with van der Waals surface area (Å²) in [7, 11) is 6.63. The molecule has 0 radical (unpaired) electrons. The van der Waals surface area contributed by atoms with Crippen molar-refractivity contribution in [1.82, 2.24) is 14.7 Å². The van der Waals surface area contributed by atoms with Crippen LogP contribution in [-0.4, -0.2) is 117 Å². The van der Waals surface area contributed by atoms with E-state index in [0.29, 0.717) is 5.92 Å². The zero-order chi connectivity index (χ0) is 47.4. The van der Waals surface area contributed by atoms with Crippen molar-refractivity contribution in [3.63, 3.8) is 0 Å². The second kappa shape index (κ2) is 20.9. The Morgan fingerprint density at radius 1 is 0.548 bits per heavy atom. The first-order chi connectivity index (χ1) is 28.4. The van der Waals surface area contributed by atoms with Crippen molar-refractivity contribution >= 4 is 23.9 Å². The summed E-state index contributed by atoms with van der Waals surface area (Å²) in [4.78, 5) is 59.2.